The molecule has 3 rings (SSSR count). The smallest absolute Gasteiger partial charge is 0.0449 e. The van der Waals surface area contributed by atoms with Crippen LogP contribution in [0.5, 0.6) is 0 Å². The number of hydrogen-bond acceptors (Lipinski definition) is 2. The fourth-order valence-electron chi connectivity index (χ4n) is 3.12. The molecule has 0 radical (unpaired) electrons. The van der Waals surface area contributed by atoms with Gasteiger partial charge in [-0.15, -0.1) is 0 Å². The summed E-state index contributed by atoms with van der Waals surface area (Å²) in [5.41, 5.74) is 7.01. The van der Waals surface area contributed by atoms with Crippen LogP contribution in [-0.2, 0) is 6.42 Å². The maximum Gasteiger partial charge on any atom is 0.0449 e. The molecule has 0 amide bonds. The molecule has 21 heavy (non-hydrogen) atoms. The number of fused-ring (bicyclic) bond motifs is 2. The van der Waals surface area contributed by atoms with Gasteiger partial charge in [-0.2, -0.15) is 0 Å². The molecule has 110 valence electrons. The molecule has 0 unspecified atom stereocenters. The highest BCUT2D eigenvalue weighted by Gasteiger charge is 2.21. The van der Waals surface area contributed by atoms with Crippen molar-refractivity contribution in [1.82, 2.24) is 4.90 Å². The molecule has 0 bridgehead atoms. The molecule has 0 aliphatic carbocycles. The molecule has 0 N–H and O–H groups in total. The van der Waals surface area contributed by atoms with Gasteiger partial charge in [-0.1, -0.05) is 30.3 Å². The standard InChI is InChI=1S/C19H24N2/c1-15-9-10-17-14-16-7-4-5-8-18(16)21(19(17)13-15)12-6-11-20(2)3/h4-5,7-10,13H,6,11-12,14H2,1-3H3. The number of para-hydroxylation sites is 1. The molecule has 0 spiro atoms. The normalized spacial score (nSPS) is 13.2. The Balaban J connectivity index is 1.94. The van der Waals surface area contributed by atoms with Gasteiger partial charge in [0.2, 0.25) is 0 Å². The van der Waals surface area contributed by atoms with E-state index in [1.54, 1.807) is 0 Å². The zero-order valence-corrected chi connectivity index (χ0v) is 13.3. The summed E-state index contributed by atoms with van der Waals surface area (Å²) in [6.45, 7) is 4.38. The SMILES string of the molecule is Cc1ccc2c(c1)N(CCCN(C)C)c1ccccc1C2. The van der Waals surface area contributed by atoms with Gasteiger partial charge >= 0.3 is 0 Å². The van der Waals surface area contributed by atoms with Crippen LogP contribution in [0.4, 0.5) is 11.4 Å². The van der Waals surface area contributed by atoms with E-state index in [2.05, 4.69) is 73.3 Å². The Bertz CT molecular complexity index is 631. The zero-order chi connectivity index (χ0) is 14.8. The largest absolute Gasteiger partial charge is 0.341 e. The summed E-state index contributed by atoms with van der Waals surface area (Å²) >= 11 is 0. The molecule has 2 aromatic carbocycles. The van der Waals surface area contributed by atoms with Crippen molar-refractivity contribution in [3.63, 3.8) is 0 Å². The number of benzene rings is 2. The van der Waals surface area contributed by atoms with Crippen LogP contribution in [-0.4, -0.2) is 32.1 Å². The Morgan fingerprint density at radius 3 is 2.57 bits per heavy atom. The number of rotatable bonds is 4. The lowest BCUT2D eigenvalue weighted by Crippen LogP contribution is -2.27. The summed E-state index contributed by atoms with van der Waals surface area (Å²) in [5.74, 6) is 0. The van der Waals surface area contributed by atoms with Crippen LogP contribution in [0.2, 0.25) is 0 Å². The van der Waals surface area contributed by atoms with E-state index < -0.39 is 0 Å². The molecule has 0 atom stereocenters. The fraction of sp³-hybridized carbons (Fsp3) is 0.368. The molecular formula is C19H24N2. The van der Waals surface area contributed by atoms with E-state index in [1.165, 1.54) is 34.5 Å². The molecule has 0 aromatic heterocycles. The van der Waals surface area contributed by atoms with Crippen LogP contribution in [0.15, 0.2) is 42.5 Å². The highest BCUT2D eigenvalue weighted by molar-refractivity contribution is 5.74. The van der Waals surface area contributed by atoms with Crippen molar-refractivity contribution in [2.75, 3.05) is 32.1 Å². The van der Waals surface area contributed by atoms with E-state index in [1.807, 2.05) is 0 Å². The van der Waals surface area contributed by atoms with Crippen molar-refractivity contribution in [3.8, 4) is 0 Å². The molecule has 2 nitrogen and oxygen atoms in total. The molecular weight excluding hydrogens is 256 g/mol. The van der Waals surface area contributed by atoms with Gasteiger partial charge in [-0.25, -0.2) is 0 Å². The highest BCUT2D eigenvalue weighted by atomic mass is 15.2. The van der Waals surface area contributed by atoms with Gasteiger partial charge in [-0.3, -0.25) is 0 Å². The van der Waals surface area contributed by atoms with Crippen LogP contribution >= 0.6 is 0 Å². The van der Waals surface area contributed by atoms with Gasteiger partial charge in [0.1, 0.15) is 0 Å². The maximum atomic E-state index is 2.50. The second kappa shape index (κ2) is 5.90. The topological polar surface area (TPSA) is 6.48 Å². The molecule has 2 heteroatoms. The van der Waals surface area contributed by atoms with Crippen LogP contribution < -0.4 is 4.90 Å². The summed E-state index contributed by atoms with van der Waals surface area (Å²) in [4.78, 5) is 4.76. The molecule has 0 fully saturated rings. The highest BCUT2D eigenvalue weighted by Crippen LogP contribution is 2.38. The molecule has 0 saturated carbocycles. The van der Waals surface area contributed by atoms with Crippen LogP contribution in [0.1, 0.15) is 23.1 Å². The van der Waals surface area contributed by atoms with E-state index in [-0.39, 0.29) is 0 Å². The van der Waals surface area contributed by atoms with Crippen molar-refractivity contribution in [3.05, 3.63) is 59.2 Å². The zero-order valence-electron chi connectivity index (χ0n) is 13.3. The minimum Gasteiger partial charge on any atom is -0.341 e. The minimum atomic E-state index is 1.05. The summed E-state index contributed by atoms with van der Waals surface area (Å²) in [6, 6.07) is 15.7. The van der Waals surface area contributed by atoms with E-state index in [0.29, 0.717) is 0 Å². The second-order valence-corrected chi connectivity index (χ2v) is 6.25. The van der Waals surface area contributed by atoms with Crippen molar-refractivity contribution in [2.45, 2.75) is 19.8 Å². The number of anilines is 2. The number of nitrogens with zero attached hydrogens (tertiary/aromatic N) is 2. The van der Waals surface area contributed by atoms with Crippen molar-refractivity contribution >= 4 is 11.4 Å². The first-order valence-electron chi connectivity index (χ1n) is 7.75. The van der Waals surface area contributed by atoms with E-state index >= 15 is 0 Å². The Hall–Kier alpha value is -1.80. The van der Waals surface area contributed by atoms with Crippen LogP contribution in [0.3, 0.4) is 0 Å². The van der Waals surface area contributed by atoms with Gasteiger partial charge in [0.15, 0.2) is 0 Å². The first-order chi connectivity index (χ1) is 10.1. The van der Waals surface area contributed by atoms with Crippen molar-refractivity contribution in [1.29, 1.82) is 0 Å². The summed E-state index contributed by atoms with van der Waals surface area (Å²) in [6.07, 6.45) is 2.23. The Morgan fingerprint density at radius 2 is 1.76 bits per heavy atom. The van der Waals surface area contributed by atoms with Gasteiger partial charge in [0.05, 0.1) is 0 Å². The maximum absolute atomic E-state index is 2.50. The van der Waals surface area contributed by atoms with Gasteiger partial charge < -0.3 is 9.80 Å². The van der Waals surface area contributed by atoms with Crippen molar-refractivity contribution in [2.24, 2.45) is 0 Å². The third-order valence-corrected chi connectivity index (χ3v) is 4.18. The summed E-state index contributed by atoms with van der Waals surface area (Å²) < 4.78 is 0. The molecule has 0 saturated heterocycles. The fourth-order valence-corrected chi connectivity index (χ4v) is 3.12. The van der Waals surface area contributed by atoms with Crippen LogP contribution in [0.25, 0.3) is 0 Å². The van der Waals surface area contributed by atoms with Crippen LogP contribution in [0, 0.1) is 6.92 Å². The third kappa shape index (κ3) is 2.96. The minimum absolute atomic E-state index is 1.05. The third-order valence-electron chi connectivity index (χ3n) is 4.18. The molecule has 1 aliphatic rings. The van der Waals surface area contributed by atoms with E-state index in [9.17, 15) is 0 Å². The second-order valence-electron chi connectivity index (χ2n) is 6.25. The van der Waals surface area contributed by atoms with E-state index in [0.717, 1.165) is 19.5 Å². The average molecular weight is 280 g/mol. The predicted molar refractivity (Wildman–Crippen MR) is 90.6 cm³/mol. The van der Waals surface area contributed by atoms with Gasteiger partial charge in [0, 0.05) is 24.3 Å². The summed E-state index contributed by atoms with van der Waals surface area (Å²) in [5, 5.41) is 0. The first kappa shape index (κ1) is 14.2. The molecule has 1 aliphatic heterocycles. The van der Waals surface area contributed by atoms with Gasteiger partial charge in [0.25, 0.3) is 0 Å². The Morgan fingerprint density at radius 1 is 1.00 bits per heavy atom. The first-order valence-corrected chi connectivity index (χ1v) is 7.75. The predicted octanol–water partition coefficient (Wildman–Crippen LogP) is 3.99. The number of aryl methyl sites for hydroxylation is 1. The summed E-state index contributed by atoms with van der Waals surface area (Å²) in [7, 11) is 4.28. The quantitative estimate of drug-likeness (QED) is 0.835. The Kier molecular flexibility index (Phi) is 3.98. The molecule has 1 heterocycles. The lowest BCUT2D eigenvalue weighted by Gasteiger charge is -2.34. The lowest BCUT2D eigenvalue weighted by atomic mass is 9.94. The van der Waals surface area contributed by atoms with Crippen molar-refractivity contribution < 1.29 is 0 Å². The average Bonchev–Trinajstić information content (AvgIpc) is 2.46. The Labute approximate surface area is 128 Å². The monoisotopic (exact) mass is 280 g/mol. The lowest BCUT2D eigenvalue weighted by molar-refractivity contribution is 0.402. The van der Waals surface area contributed by atoms with E-state index in [4.69, 9.17) is 0 Å². The molecule has 2 aromatic rings. The number of hydrogen-bond donors (Lipinski definition) is 0. The van der Waals surface area contributed by atoms with Gasteiger partial charge in [-0.05, 0) is 62.8 Å².